The van der Waals surface area contributed by atoms with E-state index in [1.54, 1.807) is 12.1 Å². The van der Waals surface area contributed by atoms with Crippen molar-refractivity contribution in [3.8, 4) is 5.75 Å². The fourth-order valence-corrected chi connectivity index (χ4v) is 2.08. The molecule has 2 rings (SSSR count). The van der Waals surface area contributed by atoms with Gasteiger partial charge in [0.15, 0.2) is 6.29 Å². The molecule has 0 aliphatic heterocycles. The first kappa shape index (κ1) is 12.8. The number of halogens is 1. The monoisotopic (exact) mass is 304 g/mol. The standard InChI is InChI=1S/C15H13BrO2/c1-11(12-5-3-2-4-6-12)18-15-8-7-14(16)9-13(15)10-17/h2-11H,1H3. The van der Waals surface area contributed by atoms with Gasteiger partial charge in [-0.15, -0.1) is 0 Å². The summed E-state index contributed by atoms with van der Waals surface area (Å²) in [5.41, 5.74) is 1.63. The molecule has 0 saturated carbocycles. The molecule has 1 atom stereocenters. The lowest BCUT2D eigenvalue weighted by atomic mass is 10.1. The first-order valence-corrected chi connectivity index (χ1v) is 6.46. The first-order chi connectivity index (χ1) is 8.70. The molecule has 2 aromatic rings. The Hall–Kier alpha value is -1.61. The molecule has 0 aromatic heterocycles. The van der Waals surface area contributed by atoms with Gasteiger partial charge in [-0.05, 0) is 30.7 Å². The fourth-order valence-electron chi connectivity index (χ4n) is 1.70. The van der Waals surface area contributed by atoms with Crippen molar-refractivity contribution < 1.29 is 9.53 Å². The number of hydrogen-bond acceptors (Lipinski definition) is 2. The van der Waals surface area contributed by atoms with Crippen LogP contribution >= 0.6 is 15.9 Å². The van der Waals surface area contributed by atoms with Gasteiger partial charge in [-0.2, -0.15) is 0 Å². The normalized spacial score (nSPS) is 11.9. The second-order valence-corrected chi connectivity index (χ2v) is 4.89. The average molecular weight is 305 g/mol. The smallest absolute Gasteiger partial charge is 0.153 e. The van der Waals surface area contributed by atoms with Gasteiger partial charge in [-0.3, -0.25) is 4.79 Å². The van der Waals surface area contributed by atoms with Crippen LogP contribution in [-0.2, 0) is 0 Å². The lowest BCUT2D eigenvalue weighted by Gasteiger charge is -2.16. The Labute approximate surface area is 115 Å². The molecule has 1 unspecified atom stereocenters. The highest BCUT2D eigenvalue weighted by Gasteiger charge is 2.10. The van der Waals surface area contributed by atoms with Crippen LogP contribution in [0.2, 0.25) is 0 Å². The summed E-state index contributed by atoms with van der Waals surface area (Å²) in [6.07, 6.45) is 0.712. The SMILES string of the molecule is CC(Oc1ccc(Br)cc1C=O)c1ccccc1. The molecule has 2 aromatic carbocycles. The molecule has 2 nitrogen and oxygen atoms in total. The van der Waals surface area contributed by atoms with Crippen LogP contribution in [0, 0.1) is 0 Å². The molecule has 0 saturated heterocycles. The van der Waals surface area contributed by atoms with Gasteiger partial charge in [0.25, 0.3) is 0 Å². The van der Waals surface area contributed by atoms with Gasteiger partial charge in [-0.25, -0.2) is 0 Å². The van der Waals surface area contributed by atoms with Crippen molar-refractivity contribution in [2.45, 2.75) is 13.0 Å². The number of aldehydes is 1. The van der Waals surface area contributed by atoms with Crippen molar-refractivity contribution in [2.75, 3.05) is 0 Å². The molecule has 0 radical (unpaired) electrons. The van der Waals surface area contributed by atoms with Gasteiger partial charge in [0, 0.05) is 4.47 Å². The number of rotatable bonds is 4. The summed E-state index contributed by atoms with van der Waals surface area (Å²) in [7, 11) is 0. The van der Waals surface area contributed by atoms with E-state index in [4.69, 9.17) is 4.74 Å². The van der Waals surface area contributed by atoms with Gasteiger partial charge in [-0.1, -0.05) is 46.3 Å². The maximum absolute atomic E-state index is 11.0. The van der Waals surface area contributed by atoms with Crippen LogP contribution in [-0.4, -0.2) is 6.29 Å². The Morgan fingerprint density at radius 1 is 1.17 bits per heavy atom. The maximum Gasteiger partial charge on any atom is 0.153 e. The van der Waals surface area contributed by atoms with E-state index in [-0.39, 0.29) is 6.10 Å². The molecule has 0 spiro atoms. The Morgan fingerprint density at radius 3 is 2.56 bits per heavy atom. The molecule has 0 N–H and O–H groups in total. The minimum Gasteiger partial charge on any atom is -0.485 e. The molecule has 0 aliphatic carbocycles. The number of ether oxygens (including phenoxy) is 1. The second-order valence-electron chi connectivity index (χ2n) is 3.97. The fraction of sp³-hybridized carbons (Fsp3) is 0.133. The van der Waals surface area contributed by atoms with Crippen LogP contribution in [0.15, 0.2) is 53.0 Å². The van der Waals surface area contributed by atoms with E-state index < -0.39 is 0 Å². The minimum atomic E-state index is -0.0916. The highest BCUT2D eigenvalue weighted by molar-refractivity contribution is 9.10. The third-order valence-corrected chi connectivity index (χ3v) is 3.16. The lowest BCUT2D eigenvalue weighted by Crippen LogP contribution is -2.04. The summed E-state index contributed by atoms with van der Waals surface area (Å²) in [5.74, 6) is 0.601. The highest BCUT2D eigenvalue weighted by Crippen LogP contribution is 2.26. The summed E-state index contributed by atoms with van der Waals surface area (Å²) < 4.78 is 6.69. The van der Waals surface area contributed by atoms with Crippen molar-refractivity contribution in [3.05, 3.63) is 64.1 Å². The van der Waals surface area contributed by atoms with Crippen LogP contribution < -0.4 is 4.74 Å². The largest absolute Gasteiger partial charge is 0.485 e. The predicted octanol–water partition coefficient (Wildman–Crippen LogP) is 4.40. The van der Waals surface area contributed by atoms with E-state index in [1.165, 1.54) is 0 Å². The molecule has 0 heterocycles. The number of hydrogen-bond donors (Lipinski definition) is 0. The van der Waals surface area contributed by atoms with Crippen LogP contribution in [0.1, 0.15) is 28.9 Å². The maximum atomic E-state index is 11.0. The Balaban J connectivity index is 2.22. The zero-order valence-electron chi connectivity index (χ0n) is 9.97. The second kappa shape index (κ2) is 5.83. The Bertz CT molecular complexity index is 537. The summed E-state index contributed by atoms with van der Waals surface area (Å²) >= 11 is 3.33. The van der Waals surface area contributed by atoms with Gasteiger partial charge < -0.3 is 4.74 Å². The van der Waals surface area contributed by atoms with Crippen LogP contribution in [0.5, 0.6) is 5.75 Å². The molecule has 92 valence electrons. The first-order valence-electron chi connectivity index (χ1n) is 5.67. The van der Waals surface area contributed by atoms with E-state index in [0.29, 0.717) is 11.3 Å². The molecular weight excluding hydrogens is 292 g/mol. The highest BCUT2D eigenvalue weighted by atomic mass is 79.9. The predicted molar refractivity (Wildman–Crippen MR) is 75.0 cm³/mol. The van der Waals surface area contributed by atoms with Crippen molar-refractivity contribution >= 4 is 22.2 Å². The van der Waals surface area contributed by atoms with E-state index in [0.717, 1.165) is 16.3 Å². The Morgan fingerprint density at radius 2 is 1.89 bits per heavy atom. The van der Waals surface area contributed by atoms with Crippen molar-refractivity contribution in [1.29, 1.82) is 0 Å². The summed E-state index contributed by atoms with van der Waals surface area (Å²) in [5, 5.41) is 0. The van der Waals surface area contributed by atoms with Crippen molar-refractivity contribution in [3.63, 3.8) is 0 Å². The van der Waals surface area contributed by atoms with Crippen LogP contribution in [0.25, 0.3) is 0 Å². The van der Waals surface area contributed by atoms with E-state index in [1.807, 2.05) is 43.3 Å². The zero-order valence-corrected chi connectivity index (χ0v) is 11.6. The van der Waals surface area contributed by atoms with Gasteiger partial charge in [0.05, 0.1) is 5.56 Å². The lowest BCUT2D eigenvalue weighted by molar-refractivity contribution is 0.111. The number of carbonyl (C=O) groups is 1. The van der Waals surface area contributed by atoms with E-state index in [2.05, 4.69) is 15.9 Å². The molecule has 3 heteroatoms. The molecule has 0 bridgehead atoms. The third kappa shape index (κ3) is 2.99. The quantitative estimate of drug-likeness (QED) is 0.783. The van der Waals surface area contributed by atoms with Crippen molar-refractivity contribution in [2.24, 2.45) is 0 Å². The van der Waals surface area contributed by atoms with Crippen molar-refractivity contribution in [1.82, 2.24) is 0 Å². The van der Waals surface area contributed by atoms with Gasteiger partial charge in [0.2, 0.25) is 0 Å². The van der Waals surface area contributed by atoms with Gasteiger partial charge in [0.1, 0.15) is 11.9 Å². The van der Waals surface area contributed by atoms with Crippen LogP contribution in [0.3, 0.4) is 0 Å². The molecule has 18 heavy (non-hydrogen) atoms. The van der Waals surface area contributed by atoms with Gasteiger partial charge >= 0.3 is 0 Å². The molecule has 0 aliphatic rings. The minimum absolute atomic E-state index is 0.0916. The summed E-state index contributed by atoms with van der Waals surface area (Å²) in [6.45, 7) is 1.96. The number of benzene rings is 2. The Kier molecular flexibility index (Phi) is 4.15. The topological polar surface area (TPSA) is 26.3 Å². The summed E-state index contributed by atoms with van der Waals surface area (Å²) in [6, 6.07) is 15.3. The van der Waals surface area contributed by atoms with E-state index >= 15 is 0 Å². The van der Waals surface area contributed by atoms with E-state index in [9.17, 15) is 4.79 Å². The third-order valence-electron chi connectivity index (χ3n) is 2.67. The molecular formula is C15H13BrO2. The average Bonchev–Trinajstić information content (AvgIpc) is 2.41. The molecule has 0 amide bonds. The zero-order chi connectivity index (χ0) is 13.0. The van der Waals surface area contributed by atoms with Crippen LogP contribution in [0.4, 0.5) is 0 Å². The summed E-state index contributed by atoms with van der Waals surface area (Å²) in [4.78, 5) is 11.0. The number of carbonyl (C=O) groups excluding carboxylic acids is 1. The molecule has 0 fully saturated rings.